The fraction of sp³-hybridized carbons (Fsp3) is 1.00. The van der Waals surface area contributed by atoms with E-state index >= 15 is 0 Å². The molecule has 0 aliphatic carbocycles. The molecular weight excluding hydrogens is 167 g/mol. The number of hydrogen-bond acceptors (Lipinski definition) is 2. The average molecular weight is 182 g/mol. The van der Waals surface area contributed by atoms with Crippen LogP contribution >= 0.6 is 18.8 Å². The van der Waals surface area contributed by atoms with Gasteiger partial charge in [-0.1, -0.05) is 19.2 Å². The molecule has 0 saturated carbocycles. The molecule has 1 unspecified atom stereocenters. The Morgan fingerprint density at radius 3 is 2.00 bits per heavy atom. The molecule has 0 bridgehead atoms. The summed E-state index contributed by atoms with van der Waals surface area (Å²) in [5, 5.41) is 0. The molecule has 10 heavy (non-hydrogen) atoms. The van der Waals surface area contributed by atoms with Crippen LogP contribution in [-0.2, 0) is 9.09 Å². The van der Waals surface area contributed by atoms with Crippen molar-refractivity contribution in [1.29, 1.82) is 0 Å². The van der Waals surface area contributed by atoms with Gasteiger partial charge in [0.2, 0.25) is 0 Å². The minimum atomic E-state index is -2.60. The number of thiol groups is 1. The lowest BCUT2D eigenvalue weighted by Gasteiger charge is -2.23. The summed E-state index contributed by atoms with van der Waals surface area (Å²) >= 11 is 3.91. The fourth-order valence-corrected chi connectivity index (χ4v) is 2.21. The molecule has 0 aromatic rings. The first-order chi connectivity index (χ1) is 4.27. The van der Waals surface area contributed by atoms with Crippen LogP contribution in [0.2, 0.25) is 0 Å². The molecule has 0 aliphatic rings. The second-order valence-electron chi connectivity index (χ2n) is 3.16. The maximum atomic E-state index is 11.2. The normalized spacial score (nSPS) is 18.5. The minimum Gasteiger partial charge on any atom is -0.315 e. The topological polar surface area (TPSA) is 26.3 Å². The summed E-state index contributed by atoms with van der Waals surface area (Å²) < 4.78 is 16.4. The highest BCUT2D eigenvalue weighted by Crippen LogP contribution is 2.54. The molecule has 0 fully saturated rings. The molecule has 0 aromatic carbocycles. The molecule has 0 amide bonds. The molecular formula is C6H15O2PS. The van der Waals surface area contributed by atoms with Gasteiger partial charge in [-0.3, -0.25) is 4.57 Å². The van der Waals surface area contributed by atoms with Crippen LogP contribution in [-0.4, -0.2) is 11.8 Å². The molecule has 0 radical (unpaired) electrons. The Hall–Kier alpha value is 0.540. The van der Waals surface area contributed by atoms with Crippen LogP contribution in [0.25, 0.3) is 0 Å². The first kappa shape index (κ1) is 10.5. The van der Waals surface area contributed by atoms with E-state index in [2.05, 4.69) is 12.2 Å². The summed E-state index contributed by atoms with van der Waals surface area (Å²) in [7, 11) is 0. The van der Waals surface area contributed by atoms with Gasteiger partial charge in [0.1, 0.15) is 0 Å². The molecule has 62 valence electrons. The Balaban J connectivity index is 4.03. The van der Waals surface area contributed by atoms with Crippen LogP contribution < -0.4 is 0 Å². The second kappa shape index (κ2) is 3.29. The van der Waals surface area contributed by atoms with Gasteiger partial charge < -0.3 is 4.52 Å². The Kier molecular flexibility index (Phi) is 3.47. The molecule has 0 aliphatic heterocycles. The largest absolute Gasteiger partial charge is 0.315 e. The van der Waals surface area contributed by atoms with Crippen molar-refractivity contribution in [3.63, 3.8) is 0 Å². The van der Waals surface area contributed by atoms with Crippen LogP contribution in [0.5, 0.6) is 0 Å². The Morgan fingerprint density at radius 1 is 1.50 bits per heavy atom. The summed E-state index contributed by atoms with van der Waals surface area (Å²) in [6, 6.07) is 0. The van der Waals surface area contributed by atoms with Gasteiger partial charge in [0.25, 0.3) is 6.57 Å². The van der Waals surface area contributed by atoms with Crippen molar-refractivity contribution in [3.8, 4) is 0 Å². The van der Waals surface area contributed by atoms with Gasteiger partial charge in [0.05, 0.1) is 5.60 Å². The van der Waals surface area contributed by atoms with Crippen LogP contribution in [0, 0.1) is 0 Å². The maximum absolute atomic E-state index is 11.2. The summed E-state index contributed by atoms with van der Waals surface area (Å²) in [5.74, 6) is 0. The van der Waals surface area contributed by atoms with E-state index in [9.17, 15) is 4.57 Å². The Morgan fingerprint density at radius 2 is 1.90 bits per heavy atom. The molecule has 0 N–H and O–H groups in total. The van der Waals surface area contributed by atoms with E-state index in [1.165, 1.54) is 0 Å². The maximum Gasteiger partial charge on any atom is 0.254 e. The van der Waals surface area contributed by atoms with E-state index in [0.717, 1.165) is 0 Å². The lowest BCUT2D eigenvalue weighted by atomic mass is 10.2. The van der Waals surface area contributed by atoms with Gasteiger partial charge in [0.15, 0.2) is 0 Å². The highest BCUT2D eigenvalue weighted by Gasteiger charge is 2.22. The molecule has 0 saturated heterocycles. The van der Waals surface area contributed by atoms with Crippen LogP contribution in [0.4, 0.5) is 0 Å². The lowest BCUT2D eigenvalue weighted by Crippen LogP contribution is -2.16. The molecule has 2 nitrogen and oxygen atoms in total. The summed E-state index contributed by atoms with van der Waals surface area (Å²) in [6.45, 7) is 4.80. The molecule has 4 heteroatoms. The smallest absolute Gasteiger partial charge is 0.254 e. The van der Waals surface area contributed by atoms with E-state index in [4.69, 9.17) is 4.52 Å². The number of rotatable bonds is 2. The molecule has 0 spiro atoms. The monoisotopic (exact) mass is 182 g/mol. The van der Waals surface area contributed by atoms with E-state index in [-0.39, 0.29) is 5.60 Å². The average Bonchev–Trinajstić information content (AvgIpc) is 1.60. The first-order valence-electron chi connectivity index (χ1n) is 3.29. The molecule has 0 heterocycles. The quantitative estimate of drug-likeness (QED) is 0.525. The highest BCUT2D eigenvalue weighted by molar-refractivity contribution is 8.46. The fourth-order valence-electron chi connectivity index (χ4n) is 0.492. The van der Waals surface area contributed by atoms with Gasteiger partial charge in [-0.2, -0.15) is 0 Å². The molecule has 0 aromatic heterocycles. The van der Waals surface area contributed by atoms with Gasteiger partial charge in [-0.05, 0) is 20.8 Å². The third-order valence-corrected chi connectivity index (χ3v) is 3.54. The van der Waals surface area contributed by atoms with Crippen molar-refractivity contribution in [2.75, 3.05) is 6.16 Å². The van der Waals surface area contributed by atoms with Crippen molar-refractivity contribution in [2.45, 2.75) is 33.3 Å². The van der Waals surface area contributed by atoms with Gasteiger partial charge in [0, 0.05) is 6.16 Å². The minimum absolute atomic E-state index is 0.354. The SMILES string of the molecule is CCP(=O)(S)OC(C)(C)C. The third-order valence-electron chi connectivity index (χ3n) is 0.816. The zero-order valence-electron chi connectivity index (χ0n) is 6.92. The lowest BCUT2D eigenvalue weighted by molar-refractivity contribution is 0.141. The first-order valence-corrected chi connectivity index (χ1v) is 6.26. The standard InChI is InChI=1S/C6H15O2PS/c1-5-9(7,10)8-6(2,3)4/h5H2,1-4H3,(H,7,10). The summed E-state index contributed by atoms with van der Waals surface area (Å²) in [4.78, 5) is 0. The van der Waals surface area contributed by atoms with Crippen LogP contribution in [0.15, 0.2) is 0 Å². The van der Waals surface area contributed by atoms with Crippen molar-refractivity contribution in [1.82, 2.24) is 0 Å². The van der Waals surface area contributed by atoms with E-state index in [0.29, 0.717) is 6.16 Å². The van der Waals surface area contributed by atoms with Crippen LogP contribution in [0.3, 0.4) is 0 Å². The molecule has 1 atom stereocenters. The predicted molar refractivity (Wildman–Crippen MR) is 48.0 cm³/mol. The zero-order chi connectivity index (χ0) is 8.41. The zero-order valence-corrected chi connectivity index (χ0v) is 8.71. The van der Waals surface area contributed by atoms with Crippen molar-refractivity contribution in [3.05, 3.63) is 0 Å². The predicted octanol–water partition coefficient (Wildman–Crippen LogP) is 2.94. The summed E-state index contributed by atoms with van der Waals surface area (Å²) in [5.41, 5.74) is -0.354. The second-order valence-corrected chi connectivity index (χ2v) is 7.08. The highest BCUT2D eigenvalue weighted by atomic mass is 32.7. The van der Waals surface area contributed by atoms with Gasteiger partial charge in [-0.25, -0.2) is 0 Å². The van der Waals surface area contributed by atoms with Gasteiger partial charge in [-0.15, -0.1) is 0 Å². The van der Waals surface area contributed by atoms with E-state index in [1.54, 1.807) is 6.92 Å². The molecule has 0 rings (SSSR count). The van der Waals surface area contributed by atoms with Gasteiger partial charge >= 0.3 is 0 Å². The van der Waals surface area contributed by atoms with Crippen LogP contribution in [0.1, 0.15) is 27.7 Å². The number of hydrogen-bond donors (Lipinski definition) is 1. The Labute approximate surface area is 68.0 Å². The van der Waals surface area contributed by atoms with Crippen molar-refractivity contribution >= 4 is 18.8 Å². The third kappa shape index (κ3) is 5.33. The summed E-state index contributed by atoms with van der Waals surface area (Å²) in [6.07, 6.45) is 0.480. The van der Waals surface area contributed by atoms with E-state index in [1.807, 2.05) is 20.8 Å². The van der Waals surface area contributed by atoms with Crippen molar-refractivity contribution < 1.29 is 9.09 Å². The Bertz CT molecular complexity index is 150. The van der Waals surface area contributed by atoms with E-state index < -0.39 is 6.57 Å². The van der Waals surface area contributed by atoms with Crippen molar-refractivity contribution in [2.24, 2.45) is 0 Å².